The van der Waals surface area contributed by atoms with Gasteiger partial charge in [-0.15, -0.1) is 0 Å². The van der Waals surface area contributed by atoms with E-state index in [1.165, 1.54) is 0 Å². The fourth-order valence-corrected chi connectivity index (χ4v) is 5.03. The molecule has 1 aliphatic heterocycles. The summed E-state index contributed by atoms with van der Waals surface area (Å²) in [7, 11) is 0. The van der Waals surface area contributed by atoms with Crippen LogP contribution in [0.15, 0.2) is 65.1 Å². The van der Waals surface area contributed by atoms with Crippen LogP contribution in [-0.2, 0) is 25.6 Å². The van der Waals surface area contributed by atoms with Gasteiger partial charge in [-0.2, -0.15) is 0 Å². The summed E-state index contributed by atoms with van der Waals surface area (Å²) in [4.78, 5) is 65.7. The molecule has 1 aromatic heterocycles. The first-order valence-electron chi connectivity index (χ1n) is 14.0. The number of para-hydroxylation sites is 1. The number of Topliss-reactive ketones (excluding diaryl/α,β-unsaturated/α-hetero) is 2. The predicted molar refractivity (Wildman–Crippen MR) is 154 cm³/mol. The first-order valence-corrected chi connectivity index (χ1v) is 14.0. The van der Waals surface area contributed by atoms with Gasteiger partial charge in [-0.1, -0.05) is 48.5 Å². The minimum Gasteiger partial charge on any atom is -0.453 e. The van der Waals surface area contributed by atoms with E-state index in [-0.39, 0.29) is 36.7 Å². The number of piperidine rings is 1. The monoisotopic (exact) mass is 559 g/mol. The lowest BCUT2D eigenvalue weighted by atomic mass is 9.88. The summed E-state index contributed by atoms with van der Waals surface area (Å²) in [6.45, 7) is 5.80. The van der Waals surface area contributed by atoms with E-state index in [2.05, 4.69) is 16.0 Å². The highest BCUT2D eigenvalue weighted by atomic mass is 16.3. The molecule has 0 unspecified atom stereocenters. The minimum absolute atomic E-state index is 0.0104. The molecule has 3 aromatic rings. The van der Waals surface area contributed by atoms with Crippen molar-refractivity contribution < 1.29 is 28.4 Å². The van der Waals surface area contributed by atoms with Crippen LogP contribution in [0.4, 0.5) is 0 Å². The predicted octanol–water partition coefficient (Wildman–Crippen LogP) is 3.75. The number of fused-ring (bicyclic) bond motifs is 1. The van der Waals surface area contributed by atoms with Gasteiger partial charge in [-0.05, 0) is 64.2 Å². The highest BCUT2D eigenvalue weighted by Gasteiger charge is 2.36. The summed E-state index contributed by atoms with van der Waals surface area (Å²) in [5.41, 5.74) is 0.740. The quantitative estimate of drug-likeness (QED) is 0.242. The Kier molecular flexibility index (Phi) is 9.37. The molecule has 3 atom stereocenters. The van der Waals surface area contributed by atoms with Gasteiger partial charge in [0.25, 0.3) is 5.91 Å². The standard InChI is InChI=1S/C32H37N3O6/c1-32(2,3)35-31(40)28(37)24(17-22-13-9-15-33-29(22)38)34-30(39)23(16-20-10-5-4-6-11-20)18-25(36)27-19-21-12-7-8-14-26(21)41-27/h4-8,10-12,14,19,22-24H,9,13,15-18H2,1-3H3,(H,33,38)(H,34,39)(H,35,40)/t22-,23+,24-/m0/s1. The molecule has 41 heavy (non-hydrogen) atoms. The van der Waals surface area contributed by atoms with Gasteiger partial charge in [0.1, 0.15) is 5.58 Å². The number of ketones is 2. The molecule has 9 heteroatoms. The molecule has 3 N–H and O–H groups in total. The van der Waals surface area contributed by atoms with Gasteiger partial charge >= 0.3 is 0 Å². The normalized spacial score (nSPS) is 16.9. The third-order valence-corrected chi connectivity index (χ3v) is 7.09. The number of rotatable bonds is 11. The van der Waals surface area contributed by atoms with E-state index in [0.29, 0.717) is 18.5 Å². The summed E-state index contributed by atoms with van der Waals surface area (Å²) in [5, 5.41) is 8.96. The molecule has 2 aromatic carbocycles. The maximum atomic E-state index is 13.8. The van der Waals surface area contributed by atoms with E-state index in [9.17, 15) is 24.0 Å². The molecule has 0 radical (unpaired) electrons. The van der Waals surface area contributed by atoms with Crippen molar-refractivity contribution in [3.63, 3.8) is 0 Å². The zero-order valence-electron chi connectivity index (χ0n) is 23.7. The van der Waals surface area contributed by atoms with Crippen LogP contribution < -0.4 is 16.0 Å². The van der Waals surface area contributed by atoms with Crippen molar-refractivity contribution in [1.82, 2.24) is 16.0 Å². The number of benzene rings is 2. The van der Waals surface area contributed by atoms with Crippen LogP contribution in [0.2, 0.25) is 0 Å². The Balaban J connectivity index is 1.57. The third-order valence-electron chi connectivity index (χ3n) is 7.09. The topological polar surface area (TPSA) is 135 Å². The van der Waals surface area contributed by atoms with Crippen molar-refractivity contribution >= 4 is 40.3 Å². The Morgan fingerprint density at radius 2 is 1.73 bits per heavy atom. The van der Waals surface area contributed by atoms with Crippen molar-refractivity contribution in [1.29, 1.82) is 0 Å². The summed E-state index contributed by atoms with van der Waals surface area (Å²) in [6, 6.07) is 16.9. The number of amides is 3. The summed E-state index contributed by atoms with van der Waals surface area (Å²) >= 11 is 0. The number of hydrogen-bond acceptors (Lipinski definition) is 6. The fraction of sp³-hybridized carbons (Fsp3) is 0.406. The lowest BCUT2D eigenvalue weighted by Gasteiger charge is -2.28. The molecule has 0 aliphatic carbocycles. The Hall–Kier alpha value is -4.27. The van der Waals surface area contributed by atoms with E-state index in [1.54, 1.807) is 32.9 Å². The number of hydrogen-bond donors (Lipinski definition) is 3. The molecule has 0 spiro atoms. The second-order valence-electron chi connectivity index (χ2n) is 11.7. The molecule has 2 heterocycles. The lowest BCUT2D eigenvalue weighted by Crippen LogP contribution is -2.54. The zero-order valence-corrected chi connectivity index (χ0v) is 23.7. The van der Waals surface area contributed by atoms with Gasteiger partial charge < -0.3 is 20.4 Å². The van der Waals surface area contributed by atoms with Crippen molar-refractivity contribution in [2.45, 2.75) is 64.5 Å². The molecule has 0 bridgehead atoms. The minimum atomic E-state index is -1.22. The van der Waals surface area contributed by atoms with Crippen molar-refractivity contribution in [2.75, 3.05) is 6.54 Å². The molecule has 3 amide bonds. The smallest absolute Gasteiger partial charge is 0.290 e. The largest absolute Gasteiger partial charge is 0.453 e. The maximum absolute atomic E-state index is 13.8. The molecule has 1 aliphatic rings. The van der Waals surface area contributed by atoms with Crippen LogP contribution in [0.5, 0.6) is 0 Å². The van der Waals surface area contributed by atoms with Crippen LogP contribution in [0.25, 0.3) is 11.0 Å². The second-order valence-corrected chi connectivity index (χ2v) is 11.7. The zero-order chi connectivity index (χ0) is 29.6. The van der Waals surface area contributed by atoms with E-state index in [0.717, 1.165) is 17.4 Å². The fourth-order valence-electron chi connectivity index (χ4n) is 5.03. The van der Waals surface area contributed by atoms with Gasteiger partial charge in [0.05, 0.1) is 6.04 Å². The first-order chi connectivity index (χ1) is 19.5. The van der Waals surface area contributed by atoms with Crippen LogP contribution in [0.3, 0.4) is 0 Å². The Morgan fingerprint density at radius 1 is 1.02 bits per heavy atom. The maximum Gasteiger partial charge on any atom is 0.290 e. The lowest BCUT2D eigenvalue weighted by molar-refractivity contribution is -0.142. The highest BCUT2D eigenvalue weighted by Crippen LogP contribution is 2.24. The van der Waals surface area contributed by atoms with Crippen molar-refractivity contribution in [3.8, 4) is 0 Å². The number of carbonyl (C=O) groups excluding carboxylic acids is 5. The number of furan rings is 1. The van der Waals surface area contributed by atoms with Crippen LogP contribution in [-0.4, -0.2) is 47.4 Å². The molecule has 4 rings (SSSR count). The first kappa shape index (κ1) is 29.7. The van der Waals surface area contributed by atoms with Crippen LogP contribution in [0.1, 0.15) is 62.6 Å². The van der Waals surface area contributed by atoms with Crippen molar-refractivity contribution in [2.24, 2.45) is 11.8 Å². The van der Waals surface area contributed by atoms with Gasteiger partial charge in [0.15, 0.2) is 11.5 Å². The van der Waals surface area contributed by atoms with Gasteiger partial charge in [-0.25, -0.2) is 0 Å². The van der Waals surface area contributed by atoms with Gasteiger partial charge in [-0.3, -0.25) is 24.0 Å². The van der Waals surface area contributed by atoms with E-state index < -0.39 is 41.0 Å². The third kappa shape index (κ3) is 8.13. The Labute approximate surface area is 239 Å². The van der Waals surface area contributed by atoms with Gasteiger partial charge in [0, 0.05) is 35.7 Å². The summed E-state index contributed by atoms with van der Waals surface area (Å²) in [5.74, 6) is -3.99. The molecular formula is C32H37N3O6. The molecule has 9 nitrogen and oxygen atoms in total. The molecule has 216 valence electrons. The SMILES string of the molecule is CC(C)(C)NC(=O)C(=O)[C@H](C[C@@H]1CCCNC1=O)NC(=O)[C@@H](CC(=O)c1cc2ccccc2o1)Cc1ccccc1. The summed E-state index contributed by atoms with van der Waals surface area (Å²) < 4.78 is 5.74. The molecule has 1 saturated heterocycles. The van der Waals surface area contributed by atoms with E-state index in [1.807, 2.05) is 48.5 Å². The number of carbonyl (C=O) groups is 5. The number of nitrogens with one attached hydrogen (secondary N) is 3. The highest BCUT2D eigenvalue weighted by molar-refractivity contribution is 6.38. The molecule has 1 fully saturated rings. The average molecular weight is 560 g/mol. The van der Waals surface area contributed by atoms with E-state index in [4.69, 9.17) is 4.42 Å². The summed E-state index contributed by atoms with van der Waals surface area (Å²) in [6.07, 6.45) is 1.34. The Morgan fingerprint density at radius 3 is 2.41 bits per heavy atom. The molecule has 0 saturated carbocycles. The molecular weight excluding hydrogens is 522 g/mol. The Bertz CT molecular complexity index is 1390. The van der Waals surface area contributed by atoms with Crippen LogP contribution >= 0.6 is 0 Å². The van der Waals surface area contributed by atoms with Gasteiger partial charge in [0.2, 0.25) is 17.6 Å². The second kappa shape index (κ2) is 12.9. The van der Waals surface area contributed by atoms with Crippen molar-refractivity contribution in [3.05, 3.63) is 72.0 Å². The average Bonchev–Trinajstić information content (AvgIpc) is 3.37. The van der Waals surface area contributed by atoms with Crippen LogP contribution in [0, 0.1) is 11.8 Å². The van der Waals surface area contributed by atoms with E-state index >= 15 is 0 Å².